The van der Waals surface area contributed by atoms with E-state index in [1.165, 1.54) is 6.42 Å². The first-order valence-electron chi connectivity index (χ1n) is 6.82. The molecular formula is C14H15Br2N3O2. The van der Waals surface area contributed by atoms with Crippen LogP contribution in [0.2, 0.25) is 0 Å². The molecule has 1 aromatic heterocycles. The van der Waals surface area contributed by atoms with Gasteiger partial charge in [0, 0.05) is 22.0 Å². The third-order valence-electron chi connectivity index (χ3n) is 3.48. The zero-order valence-electron chi connectivity index (χ0n) is 11.3. The van der Waals surface area contributed by atoms with Gasteiger partial charge in [-0.05, 0) is 47.3 Å². The number of benzene rings is 1. The number of hydrogen-bond donors (Lipinski definition) is 1. The Morgan fingerprint density at radius 1 is 1.29 bits per heavy atom. The summed E-state index contributed by atoms with van der Waals surface area (Å²) in [4.78, 5) is 4.44. The summed E-state index contributed by atoms with van der Waals surface area (Å²) >= 11 is 6.85. The van der Waals surface area contributed by atoms with E-state index in [2.05, 4.69) is 42.0 Å². The highest BCUT2D eigenvalue weighted by Gasteiger charge is 2.19. The number of rotatable bonds is 3. The lowest BCUT2D eigenvalue weighted by Crippen LogP contribution is -2.21. The molecule has 1 fully saturated rings. The maximum atomic E-state index is 6.06. The fourth-order valence-corrected chi connectivity index (χ4v) is 3.61. The van der Waals surface area contributed by atoms with Gasteiger partial charge in [0.1, 0.15) is 0 Å². The molecule has 0 bridgehead atoms. The summed E-state index contributed by atoms with van der Waals surface area (Å²) in [6.45, 7) is 0.820. The number of ether oxygens (including phenoxy) is 1. The third kappa shape index (κ3) is 3.46. The van der Waals surface area contributed by atoms with Crippen molar-refractivity contribution in [3.8, 4) is 11.5 Å². The number of hydrogen-bond acceptors (Lipinski definition) is 5. The molecule has 112 valence electrons. The Hall–Kier alpha value is -0.920. The van der Waals surface area contributed by atoms with Gasteiger partial charge in [-0.1, -0.05) is 21.1 Å². The van der Waals surface area contributed by atoms with Crippen molar-refractivity contribution in [3.63, 3.8) is 0 Å². The average Bonchev–Trinajstić information content (AvgIpc) is 2.92. The highest BCUT2D eigenvalue weighted by molar-refractivity contribution is 9.11. The molecule has 1 atom stereocenters. The van der Waals surface area contributed by atoms with E-state index in [-0.39, 0.29) is 6.10 Å². The van der Waals surface area contributed by atoms with E-state index in [1.54, 1.807) is 0 Å². The van der Waals surface area contributed by atoms with E-state index >= 15 is 0 Å². The van der Waals surface area contributed by atoms with Crippen LogP contribution in [-0.4, -0.2) is 22.9 Å². The molecule has 2 N–H and O–H groups in total. The minimum absolute atomic E-state index is 0.191. The minimum atomic E-state index is 0.191. The van der Waals surface area contributed by atoms with E-state index in [4.69, 9.17) is 15.0 Å². The van der Waals surface area contributed by atoms with Crippen LogP contribution in [0.1, 0.15) is 25.1 Å². The highest BCUT2D eigenvalue weighted by Crippen LogP contribution is 2.34. The largest absolute Gasteiger partial charge is 0.397 e. The van der Waals surface area contributed by atoms with E-state index in [0.29, 0.717) is 23.8 Å². The van der Waals surface area contributed by atoms with Crippen LogP contribution in [-0.2, 0) is 11.2 Å². The second-order valence-electron chi connectivity index (χ2n) is 5.06. The number of halogens is 2. The fourth-order valence-electron chi connectivity index (χ4n) is 2.38. The van der Waals surface area contributed by atoms with E-state index in [9.17, 15) is 0 Å². The highest BCUT2D eigenvalue weighted by atomic mass is 79.9. The zero-order chi connectivity index (χ0) is 14.8. The molecule has 1 unspecified atom stereocenters. The number of nitrogens with two attached hydrogens (primary N) is 1. The first-order chi connectivity index (χ1) is 10.1. The Bertz CT molecular complexity index is 639. The van der Waals surface area contributed by atoms with Gasteiger partial charge < -0.3 is 15.0 Å². The molecule has 0 radical (unpaired) electrons. The number of nitrogens with zero attached hydrogens (tertiary/aromatic N) is 2. The third-order valence-corrected chi connectivity index (χ3v) is 4.59. The van der Waals surface area contributed by atoms with Gasteiger partial charge in [0.2, 0.25) is 0 Å². The van der Waals surface area contributed by atoms with Gasteiger partial charge >= 0.3 is 0 Å². The van der Waals surface area contributed by atoms with Crippen molar-refractivity contribution in [1.29, 1.82) is 0 Å². The molecule has 1 aliphatic rings. The number of nitrogen functional groups attached to an aromatic ring is 1. The molecule has 21 heavy (non-hydrogen) atoms. The molecule has 3 rings (SSSR count). The maximum absolute atomic E-state index is 6.06. The lowest BCUT2D eigenvalue weighted by molar-refractivity contribution is 0.0153. The van der Waals surface area contributed by atoms with Gasteiger partial charge in [-0.2, -0.15) is 4.98 Å². The second-order valence-corrected chi connectivity index (χ2v) is 6.83. The van der Waals surface area contributed by atoms with Gasteiger partial charge in [0.15, 0.2) is 5.82 Å². The van der Waals surface area contributed by atoms with Gasteiger partial charge in [-0.25, -0.2) is 0 Å². The van der Waals surface area contributed by atoms with E-state index in [1.807, 2.05) is 12.1 Å². The molecule has 1 aromatic carbocycles. The number of anilines is 1. The van der Waals surface area contributed by atoms with Crippen molar-refractivity contribution < 1.29 is 9.26 Å². The molecule has 0 saturated carbocycles. The summed E-state index contributed by atoms with van der Waals surface area (Å²) in [7, 11) is 0. The van der Waals surface area contributed by atoms with Gasteiger partial charge in [-0.3, -0.25) is 0 Å². The fraction of sp³-hybridized carbons (Fsp3) is 0.429. The standard InChI is InChI=1S/C14H15Br2N3O2/c15-8-5-10(13(17)11(16)6-8)14-18-12(19-21-14)7-9-3-1-2-4-20-9/h5-6,9H,1-4,7,17H2. The second kappa shape index (κ2) is 6.46. The average molecular weight is 417 g/mol. The Morgan fingerprint density at radius 3 is 2.90 bits per heavy atom. The van der Waals surface area contributed by atoms with Crippen LogP contribution in [0.5, 0.6) is 0 Å². The van der Waals surface area contributed by atoms with Crippen LogP contribution in [0.3, 0.4) is 0 Å². The number of aromatic nitrogens is 2. The Kier molecular flexibility index (Phi) is 4.61. The van der Waals surface area contributed by atoms with Gasteiger partial charge in [-0.15, -0.1) is 0 Å². The lowest BCUT2D eigenvalue weighted by atomic mass is 10.1. The van der Waals surface area contributed by atoms with E-state index in [0.717, 1.165) is 34.0 Å². The van der Waals surface area contributed by atoms with Crippen LogP contribution in [0.4, 0.5) is 5.69 Å². The predicted octanol–water partition coefficient (Wildman–Crippen LogP) is 3.96. The maximum Gasteiger partial charge on any atom is 0.260 e. The normalized spacial score (nSPS) is 18.9. The smallest absolute Gasteiger partial charge is 0.260 e. The summed E-state index contributed by atoms with van der Waals surface area (Å²) in [5, 5.41) is 4.03. The Morgan fingerprint density at radius 2 is 2.14 bits per heavy atom. The van der Waals surface area contributed by atoms with E-state index < -0.39 is 0 Å². The SMILES string of the molecule is Nc1c(Br)cc(Br)cc1-c1nc(CC2CCCCO2)no1. The summed E-state index contributed by atoms with van der Waals surface area (Å²) in [5.41, 5.74) is 7.36. The zero-order valence-corrected chi connectivity index (χ0v) is 14.5. The minimum Gasteiger partial charge on any atom is -0.397 e. The van der Waals surface area contributed by atoms with Crippen molar-refractivity contribution in [2.45, 2.75) is 31.8 Å². The van der Waals surface area contributed by atoms with Gasteiger partial charge in [0.25, 0.3) is 5.89 Å². The molecule has 1 saturated heterocycles. The Labute approximate surface area is 139 Å². The van der Waals surface area contributed by atoms with Crippen LogP contribution < -0.4 is 5.73 Å². The molecule has 7 heteroatoms. The molecule has 0 spiro atoms. The molecule has 2 heterocycles. The molecule has 0 amide bonds. The van der Waals surface area contributed by atoms with Crippen molar-refractivity contribution in [1.82, 2.24) is 10.1 Å². The topological polar surface area (TPSA) is 74.2 Å². The monoisotopic (exact) mass is 415 g/mol. The summed E-state index contributed by atoms with van der Waals surface area (Å²) in [6.07, 6.45) is 4.25. The van der Waals surface area contributed by atoms with Gasteiger partial charge in [0.05, 0.1) is 17.4 Å². The van der Waals surface area contributed by atoms with Crippen LogP contribution in [0.15, 0.2) is 25.6 Å². The Balaban J connectivity index is 1.81. The van der Waals surface area contributed by atoms with Crippen LogP contribution in [0.25, 0.3) is 11.5 Å². The molecule has 1 aliphatic heterocycles. The molecular weight excluding hydrogens is 402 g/mol. The first kappa shape index (κ1) is 15.0. The molecule has 0 aliphatic carbocycles. The quantitative estimate of drug-likeness (QED) is 0.766. The van der Waals surface area contributed by atoms with Crippen molar-refractivity contribution in [2.75, 3.05) is 12.3 Å². The van der Waals surface area contributed by atoms with Crippen molar-refractivity contribution >= 4 is 37.5 Å². The predicted molar refractivity (Wildman–Crippen MR) is 86.8 cm³/mol. The van der Waals surface area contributed by atoms with Crippen molar-refractivity contribution in [3.05, 3.63) is 26.9 Å². The summed E-state index contributed by atoms with van der Waals surface area (Å²) in [6, 6.07) is 3.75. The van der Waals surface area contributed by atoms with Crippen LogP contribution in [0, 0.1) is 0 Å². The summed E-state index contributed by atoms with van der Waals surface area (Å²) < 4.78 is 12.7. The molecule has 2 aromatic rings. The first-order valence-corrected chi connectivity index (χ1v) is 8.41. The van der Waals surface area contributed by atoms with Crippen LogP contribution >= 0.6 is 31.9 Å². The lowest BCUT2D eigenvalue weighted by Gasteiger charge is -2.20. The van der Waals surface area contributed by atoms with Crippen molar-refractivity contribution in [2.24, 2.45) is 0 Å². The molecule has 5 nitrogen and oxygen atoms in total. The summed E-state index contributed by atoms with van der Waals surface area (Å²) in [5.74, 6) is 1.09.